The highest BCUT2D eigenvalue weighted by Crippen LogP contribution is 2.40. The van der Waals surface area contributed by atoms with Crippen LogP contribution in [0.4, 0.5) is 0 Å². The lowest BCUT2D eigenvalue weighted by molar-refractivity contribution is 0.0169. The largest absolute Gasteiger partial charge is 0.379 e. The molecular weight excluding hydrogens is 416 g/mol. The van der Waals surface area contributed by atoms with E-state index in [1.807, 2.05) is 13.8 Å². The Morgan fingerprint density at radius 3 is 2.80 bits per heavy atom. The zero-order valence-corrected chi connectivity index (χ0v) is 18.9. The van der Waals surface area contributed by atoms with Gasteiger partial charge in [0.15, 0.2) is 0 Å². The molecule has 1 aliphatic carbocycles. The van der Waals surface area contributed by atoms with Crippen molar-refractivity contribution in [2.45, 2.75) is 38.6 Å². The lowest BCUT2D eigenvalue weighted by Gasteiger charge is -2.34. The molecule has 1 aliphatic heterocycles. The predicted octanol–water partition coefficient (Wildman–Crippen LogP) is 4.05. The number of morpholine rings is 1. The van der Waals surface area contributed by atoms with Crippen LogP contribution in [-0.4, -0.2) is 53.6 Å². The number of aryl methyl sites for hydroxylation is 2. The molecule has 1 unspecified atom stereocenters. The number of rotatable bonds is 6. The minimum Gasteiger partial charge on any atom is -0.379 e. The smallest absolute Gasteiger partial charge is 0.261 e. The fourth-order valence-corrected chi connectivity index (χ4v) is 6.17. The fraction of sp³-hybridized carbons (Fsp3) is 0.500. The van der Waals surface area contributed by atoms with Gasteiger partial charge >= 0.3 is 0 Å². The maximum absolute atomic E-state index is 13.1. The Hall–Kier alpha value is -1.87. The van der Waals surface area contributed by atoms with Crippen molar-refractivity contribution >= 4 is 38.8 Å². The SMILES string of the molecule is Cc1nc(C2CC2)nc2sc(C(=O)NCC(c3cccs3)N3CCOCC3)c(C)c12. The van der Waals surface area contributed by atoms with E-state index < -0.39 is 0 Å². The number of nitrogens with one attached hydrogen (secondary N) is 1. The van der Waals surface area contributed by atoms with Gasteiger partial charge in [0.25, 0.3) is 5.91 Å². The molecule has 3 aromatic heterocycles. The van der Waals surface area contributed by atoms with E-state index >= 15 is 0 Å². The van der Waals surface area contributed by atoms with Gasteiger partial charge in [-0.15, -0.1) is 22.7 Å². The van der Waals surface area contributed by atoms with Gasteiger partial charge in [0.1, 0.15) is 10.7 Å². The molecule has 2 fully saturated rings. The van der Waals surface area contributed by atoms with Crippen LogP contribution in [0.5, 0.6) is 0 Å². The summed E-state index contributed by atoms with van der Waals surface area (Å²) in [7, 11) is 0. The van der Waals surface area contributed by atoms with Crippen LogP contribution in [0.25, 0.3) is 10.2 Å². The van der Waals surface area contributed by atoms with Crippen LogP contribution in [-0.2, 0) is 4.74 Å². The van der Waals surface area contributed by atoms with Gasteiger partial charge in [-0.25, -0.2) is 9.97 Å². The average Bonchev–Trinajstić information content (AvgIpc) is 3.36. The van der Waals surface area contributed by atoms with Crippen LogP contribution in [0.3, 0.4) is 0 Å². The van der Waals surface area contributed by atoms with E-state index in [1.165, 1.54) is 29.1 Å². The molecular formula is C22H26N4O2S2. The highest BCUT2D eigenvalue weighted by molar-refractivity contribution is 7.20. The lowest BCUT2D eigenvalue weighted by atomic mass is 10.1. The van der Waals surface area contributed by atoms with E-state index in [0.29, 0.717) is 12.5 Å². The first-order chi connectivity index (χ1) is 14.6. The third-order valence-corrected chi connectivity index (χ3v) is 8.11. The van der Waals surface area contributed by atoms with Crippen molar-refractivity contribution in [3.63, 3.8) is 0 Å². The molecule has 1 saturated heterocycles. The normalized spacial score (nSPS) is 18.6. The van der Waals surface area contributed by atoms with Crippen molar-refractivity contribution in [3.05, 3.63) is 44.3 Å². The summed E-state index contributed by atoms with van der Waals surface area (Å²) in [6.45, 7) is 7.89. The monoisotopic (exact) mass is 442 g/mol. The summed E-state index contributed by atoms with van der Waals surface area (Å²) >= 11 is 3.24. The molecule has 3 aromatic rings. The van der Waals surface area contributed by atoms with Gasteiger partial charge in [0, 0.05) is 35.8 Å². The molecule has 4 heterocycles. The fourth-order valence-electron chi connectivity index (χ4n) is 4.15. The number of carbonyl (C=O) groups is 1. The van der Waals surface area contributed by atoms with Gasteiger partial charge in [-0.05, 0) is 43.7 Å². The topological polar surface area (TPSA) is 67.4 Å². The molecule has 0 radical (unpaired) electrons. The van der Waals surface area contributed by atoms with Crippen molar-refractivity contribution in [3.8, 4) is 0 Å². The maximum Gasteiger partial charge on any atom is 0.261 e. The third kappa shape index (κ3) is 3.89. The summed E-state index contributed by atoms with van der Waals surface area (Å²) in [6.07, 6.45) is 2.35. The van der Waals surface area contributed by atoms with Gasteiger partial charge in [0.05, 0.1) is 29.8 Å². The van der Waals surface area contributed by atoms with Gasteiger partial charge in [0.2, 0.25) is 0 Å². The van der Waals surface area contributed by atoms with Gasteiger partial charge in [-0.2, -0.15) is 0 Å². The molecule has 2 aliphatic rings. The molecule has 0 bridgehead atoms. The number of carbonyl (C=O) groups excluding carboxylic acids is 1. The lowest BCUT2D eigenvalue weighted by Crippen LogP contribution is -2.43. The minimum atomic E-state index is -0.0160. The van der Waals surface area contributed by atoms with Crippen LogP contribution in [0, 0.1) is 13.8 Å². The number of hydrogen-bond acceptors (Lipinski definition) is 7. The maximum atomic E-state index is 13.1. The average molecular weight is 443 g/mol. The molecule has 6 nitrogen and oxygen atoms in total. The van der Waals surface area contributed by atoms with Crippen LogP contribution in [0.2, 0.25) is 0 Å². The predicted molar refractivity (Wildman–Crippen MR) is 121 cm³/mol. The molecule has 30 heavy (non-hydrogen) atoms. The minimum absolute atomic E-state index is 0.0160. The second kappa shape index (κ2) is 8.34. The van der Waals surface area contributed by atoms with E-state index in [1.54, 1.807) is 11.3 Å². The van der Waals surface area contributed by atoms with Crippen molar-refractivity contribution in [2.75, 3.05) is 32.8 Å². The van der Waals surface area contributed by atoms with E-state index in [-0.39, 0.29) is 11.9 Å². The standard InChI is InChI=1S/C22H26N4O2S2/c1-13-18-14(2)24-20(15-5-6-15)25-22(18)30-19(13)21(27)23-12-16(17-4-3-11-29-17)26-7-9-28-10-8-26/h3-4,11,15-16H,5-10,12H2,1-2H3,(H,23,27). The molecule has 1 atom stereocenters. The van der Waals surface area contributed by atoms with Crippen LogP contribution < -0.4 is 5.32 Å². The molecule has 1 amide bonds. The van der Waals surface area contributed by atoms with Crippen molar-refractivity contribution < 1.29 is 9.53 Å². The molecule has 0 aromatic carbocycles. The first-order valence-corrected chi connectivity index (χ1v) is 12.2. The number of aromatic nitrogens is 2. The molecule has 5 rings (SSSR count). The summed E-state index contributed by atoms with van der Waals surface area (Å²) in [5, 5.41) is 6.34. The summed E-state index contributed by atoms with van der Waals surface area (Å²) < 4.78 is 5.52. The quantitative estimate of drug-likeness (QED) is 0.624. The van der Waals surface area contributed by atoms with E-state index in [9.17, 15) is 4.79 Å². The number of thiophene rings is 2. The first-order valence-electron chi connectivity index (χ1n) is 10.5. The molecule has 0 spiro atoms. The molecule has 1 N–H and O–H groups in total. The number of amides is 1. The second-order valence-corrected chi connectivity index (χ2v) is 10.0. The summed E-state index contributed by atoms with van der Waals surface area (Å²) in [6, 6.07) is 4.40. The molecule has 1 saturated carbocycles. The van der Waals surface area contributed by atoms with Gasteiger partial charge in [-0.3, -0.25) is 9.69 Å². The van der Waals surface area contributed by atoms with Gasteiger partial charge in [-0.1, -0.05) is 6.07 Å². The number of nitrogens with zero attached hydrogens (tertiary/aromatic N) is 3. The Balaban J connectivity index is 1.37. The Bertz CT molecular complexity index is 1050. The summed E-state index contributed by atoms with van der Waals surface area (Å²) in [4.78, 5) is 28.0. The zero-order valence-electron chi connectivity index (χ0n) is 17.3. The second-order valence-electron chi connectivity index (χ2n) is 8.07. The Kier molecular flexibility index (Phi) is 5.58. The van der Waals surface area contributed by atoms with Crippen molar-refractivity contribution in [1.29, 1.82) is 0 Å². The highest BCUT2D eigenvalue weighted by atomic mass is 32.1. The van der Waals surface area contributed by atoms with Crippen molar-refractivity contribution in [1.82, 2.24) is 20.2 Å². The number of fused-ring (bicyclic) bond motifs is 1. The molecule has 158 valence electrons. The van der Waals surface area contributed by atoms with Gasteiger partial charge < -0.3 is 10.1 Å². The number of hydrogen-bond donors (Lipinski definition) is 1. The van der Waals surface area contributed by atoms with E-state index in [0.717, 1.165) is 58.5 Å². The van der Waals surface area contributed by atoms with E-state index in [2.05, 4.69) is 27.7 Å². The third-order valence-electron chi connectivity index (χ3n) is 5.95. The number of ether oxygens (including phenoxy) is 1. The van der Waals surface area contributed by atoms with Crippen LogP contribution >= 0.6 is 22.7 Å². The van der Waals surface area contributed by atoms with Crippen LogP contribution in [0.1, 0.15) is 56.4 Å². The van der Waals surface area contributed by atoms with Crippen molar-refractivity contribution in [2.24, 2.45) is 0 Å². The highest BCUT2D eigenvalue weighted by Gasteiger charge is 2.29. The zero-order chi connectivity index (χ0) is 20.7. The summed E-state index contributed by atoms with van der Waals surface area (Å²) in [5.74, 6) is 1.43. The summed E-state index contributed by atoms with van der Waals surface area (Å²) in [5.41, 5.74) is 1.98. The Morgan fingerprint density at radius 2 is 2.10 bits per heavy atom. The first kappa shape index (κ1) is 20.1. The molecule has 8 heteroatoms. The Labute approximate surface area is 184 Å². The van der Waals surface area contributed by atoms with Crippen LogP contribution in [0.15, 0.2) is 17.5 Å². The Morgan fingerprint density at radius 1 is 1.30 bits per heavy atom. The van der Waals surface area contributed by atoms with E-state index in [4.69, 9.17) is 14.7 Å².